The van der Waals surface area contributed by atoms with E-state index in [2.05, 4.69) is 4.98 Å². The van der Waals surface area contributed by atoms with Gasteiger partial charge in [-0.15, -0.1) is 0 Å². The second-order valence-corrected chi connectivity index (χ2v) is 5.07. The van der Waals surface area contributed by atoms with Gasteiger partial charge in [0.1, 0.15) is 5.82 Å². The first-order chi connectivity index (χ1) is 9.56. The molecule has 0 bridgehead atoms. The van der Waals surface area contributed by atoms with Crippen molar-refractivity contribution in [2.75, 3.05) is 0 Å². The fraction of sp³-hybridized carbons (Fsp3) is 0.385. The number of rotatable bonds is 4. The molecule has 0 amide bonds. The highest BCUT2D eigenvalue weighted by Gasteiger charge is 2.26. The summed E-state index contributed by atoms with van der Waals surface area (Å²) in [6.07, 6.45) is 7.45. The van der Waals surface area contributed by atoms with Crippen molar-refractivity contribution in [3.8, 4) is 0 Å². The first-order valence-corrected chi connectivity index (χ1v) is 6.43. The number of hydrogen-bond donors (Lipinski definition) is 0. The molecule has 0 aliphatic heterocycles. The molecule has 1 saturated carbocycles. The van der Waals surface area contributed by atoms with E-state index in [0.29, 0.717) is 11.6 Å². The molecule has 1 fully saturated rings. The zero-order valence-electron chi connectivity index (χ0n) is 11.0. The number of hydrogen-bond acceptors (Lipinski definition) is 4. The molecule has 1 aliphatic carbocycles. The molecule has 20 heavy (non-hydrogen) atoms. The number of pyridine rings is 1. The Balaban J connectivity index is 2.00. The lowest BCUT2D eigenvalue weighted by atomic mass is 10.3. The molecule has 1 aliphatic rings. The van der Waals surface area contributed by atoms with Gasteiger partial charge in [-0.1, -0.05) is 0 Å². The zero-order chi connectivity index (χ0) is 14.3. The third kappa shape index (κ3) is 2.22. The lowest BCUT2D eigenvalue weighted by Gasteiger charge is -2.09. The quantitative estimate of drug-likeness (QED) is 0.627. The Hall–Kier alpha value is -2.44. The Morgan fingerprint density at radius 1 is 1.50 bits per heavy atom. The molecular formula is C13H14N4O3. The van der Waals surface area contributed by atoms with E-state index in [4.69, 9.17) is 0 Å². The van der Waals surface area contributed by atoms with E-state index in [1.807, 2.05) is 10.8 Å². The van der Waals surface area contributed by atoms with Crippen molar-refractivity contribution in [3.63, 3.8) is 0 Å². The van der Waals surface area contributed by atoms with Crippen LogP contribution in [0.5, 0.6) is 0 Å². The van der Waals surface area contributed by atoms with Gasteiger partial charge >= 0.3 is 11.2 Å². The van der Waals surface area contributed by atoms with Crippen LogP contribution in [0.4, 0.5) is 5.69 Å². The first-order valence-electron chi connectivity index (χ1n) is 6.43. The Labute approximate surface area is 114 Å². The smallest absolute Gasteiger partial charge is 0.330 e. The minimum absolute atomic E-state index is 0.255. The summed E-state index contributed by atoms with van der Waals surface area (Å²) in [6.45, 7) is 1.99. The van der Waals surface area contributed by atoms with Gasteiger partial charge in [0.2, 0.25) is 0 Å². The third-order valence-corrected chi connectivity index (χ3v) is 3.40. The Morgan fingerprint density at radius 2 is 2.25 bits per heavy atom. The molecule has 2 heterocycles. The molecule has 2 aromatic rings. The molecule has 104 valence electrons. The van der Waals surface area contributed by atoms with E-state index in [1.54, 1.807) is 19.3 Å². The molecule has 0 unspecified atom stereocenters. The molecule has 0 atom stereocenters. The van der Waals surface area contributed by atoms with Crippen molar-refractivity contribution in [2.45, 2.75) is 32.4 Å². The second kappa shape index (κ2) is 4.59. The van der Waals surface area contributed by atoms with E-state index < -0.39 is 16.2 Å². The molecule has 7 nitrogen and oxygen atoms in total. The van der Waals surface area contributed by atoms with Gasteiger partial charge in [0.25, 0.3) is 0 Å². The van der Waals surface area contributed by atoms with Gasteiger partial charge in [-0.05, 0) is 25.3 Å². The van der Waals surface area contributed by atoms with Crippen LogP contribution in [0.25, 0.3) is 0 Å². The molecule has 0 spiro atoms. The molecule has 2 aromatic heterocycles. The topological polar surface area (TPSA) is 83.0 Å². The summed E-state index contributed by atoms with van der Waals surface area (Å²) in [5, 5.41) is 10.9. The van der Waals surface area contributed by atoms with Crippen molar-refractivity contribution >= 4 is 5.69 Å². The zero-order valence-corrected chi connectivity index (χ0v) is 11.0. The number of nitro groups is 1. The first kappa shape index (κ1) is 12.6. The Morgan fingerprint density at radius 3 is 2.90 bits per heavy atom. The summed E-state index contributed by atoms with van der Waals surface area (Å²) in [4.78, 5) is 26.6. The van der Waals surface area contributed by atoms with Gasteiger partial charge in [-0.25, -0.2) is 4.98 Å². The van der Waals surface area contributed by atoms with E-state index in [1.165, 1.54) is 10.6 Å². The van der Waals surface area contributed by atoms with Gasteiger partial charge in [0.15, 0.2) is 0 Å². The van der Waals surface area contributed by atoms with Crippen LogP contribution in [0, 0.1) is 17.0 Å². The van der Waals surface area contributed by atoms with E-state index in [9.17, 15) is 14.9 Å². The molecule has 3 rings (SSSR count). The maximum absolute atomic E-state index is 12.1. The summed E-state index contributed by atoms with van der Waals surface area (Å²) in [6, 6.07) is 1.76. The van der Waals surface area contributed by atoms with E-state index in [-0.39, 0.29) is 6.54 Å². The highest BCUT2D eigenvalue weighted by molar-refractivity contribution is 5.30. The number of aromatic nitrogens is 3. The summed E-state index contributed by atoms with van der Waals surface area (Å²) in [7, 11) is 0. The average Bonchev–Trinajstić information content (AvgIpc) is 3.14. The highest BCUT2D eigenvalue weighted by Crippen LogP contribution is 2.35. The third-order valence-electron chi connectivity index (χ3n) is 3.40. The fourth-order valence-electron chi connectivity index (χ4n) is 2.32. The summed E-state index contributed by atoms with van der Waals surface area (Å²) in [5.41, 5.74) is -0.304. The second-order valence-electron chi connectivity index (χ2n) is 5.07. The van der Waals surface area contributed by atoms with Crippen molar-refractivity contribution in [1.29, 1.82) is 0 Å². The van der Waals surface area contributed by atoms with Crippen molar-refractivity contribution in [3.05, 3.63) is 56.5 Å². The highest BCUT2D eigenvalue weighted by atomic mass is 16.6. The molecule has 0 radical (unpaired) electrons. The molecule has 7 heteroatoms. The Kier molecular flexibility index (Phi) is 2.89. The van der Waals surface area contributed by atoms with Gasteiger partial charge in [0, 0.05) is 30.7 Å². The maximum Gasteiger partial charge on any atom is 0.334 e. The van der Waals surface area contributed by atoms with Crippen LogP contribution in [0.15, 0.2) is 29.5 Å². The standard InChI is InChI=1S/C13H14N4O3/c1-9-6-11(17(19)20)13(18)15(7-9)8-12-14-4-5-16(12)10-2-3-10/h4-7,10H,2-3,8H2,1H3. The van der Waals surface area contributed by atoms with Gasteiger partial charge in [-0.2, -0.15) is 0 Å². The number of nitrogens with zero attached hydrogens (tertiary/aromatic N) is 4. The Bertz CT molecular complexity index is 727. The number of aryl methyl sites for hydroxylation is 1. The largest absolute Gasteiger partial charge is 0.334 e. The van der Waals surface area contributed by atoms with Crippen molar-refractivity contribution in [1.82, 2.24) is 14.1 Å². The van der Waals surface area contributed by atoms with Crippen LogP contribution >= 0.6 is 0 Å². The molecule has 0 saturated heterocycles. The van der Waals surface area contributed by atoms with Crippen LogP contribution in [0.3, 0.4) is 0 Å². The summed E-state index contributed by atoms with van der Waals surface area (Å²) < 4.78 is 3.40. The monoisotopic (exact) mass is 274 g/mol. The lowest BCUT2D eigenvalue weighted by molar-refractivity contribution is -0.386. The van der Waals surface area contributed by atoms with Crippen LogP contribution in [0.1, 0.15) is 30.3 Å². The van der Waals surface area contributed by atoms with Gasteiger partial charge < -0.3 is 9.13 Å². The van der Waals surface area contributed by atoms with Gasteiger partial charge in [-0.3, -0.25) is 14.9 Å². The fourth-order valence-corrected chi connectivity index (χ4v) is 2.32. The van der Waals surface area contributed by atoms with Crippen LogP contribution < -0.4 is 5.56 Å². The minimum Gasteiger partial charge on any atom is -0.330 e. The summed E-state index contributed by atoms with van der Waals surface area (Å²) in [5.74, 6) is 0.759. The van der Waals surface area contributed by atoms with Gasteiger partial charge in [0.05, 0.1) is 11.5 Å². The van der Waals surface area contributed by atoms with E-state index in [0.717, 1.165) is 18.7 Å². The SMILES string of the molecule is Cc1cc([N+](=O)[O-])c(=O)n(Cc2nccn2C2CC2)c1. The van der Waals surface area contributed by atoms with Crippen LogP contribution in [-0.2, 0) is 6.54 Å². The van der Waals surface area contributed by atoms with Crippen LogP contribution in [-0.4, -0.2) is 19.0 Å². The normalized spacial score (nSPS) is 14.4. The molecular weight excluding hydrogens is 260 g/mol. The maximum atomic E-state index is 12.1. The lowest BCUT2D eigenvalue weighted by Crippen LogP contribution is -2.24. The molecule has 0 aromatic carbocycles. The number of imidazole rings is 1. The van der Waals surface area contributed by atoms with Crippen molar-refractivity contribution in [2.24, 2.45) is 0 Å². The minimum atomic E-state index is -0.640. The molecule has 0 N–H and O–H groups in total. The average molecular weight is 274 g/mol. The predicted octanol–water partition coefficient (Wildman–Crippen LogP) is 1.64. The summed E-state index contributed by atoms with van der Waals surface area (Å²) >= 11 is 0. The van der Waals surface area contributed by atoms with Crippen LogP contribution in [0.2, 0.25) is 0 Å². The predicted molar refractivity (Wildman–Crippen MR) is 71.7 cm³/mol. The van der Waals surface area contributed by atoms with E-state index >= 15 is 0 Å². The van der Waals surface area contributed by atoms with Crippen molar-refractivity contribution < 1.29 is 4.92 Å².